The number of amides is 2. The van der Waals surface area contributed by atoms with E-state index in [-0.39, 0.29) is 17.9 Å². The Morgan fingerprint density at radius 1 is 1.12 bits per heavy atom. The van der Waals surface area contributed by atoms with Crippen LogP contribution in [0.2, 0.25) is 0 Å². The number of benzene rings is 2. The van der Waals surface area contributed by atoms with Crippen LogP contribution in [0.5, 0.6) is 0 Å². The lowest BCUT2D eigenvalue weighted by Crippen LogP contribution is -2.48. The number of nitrogens with zero attached hydrogens (tertiary/aromatic N) is 5. The molecule has 0 spiro atoms. The number of hydrazone groups is 1. The summed E-state index contributed by atoms with van der Waals surface area (Å²) in [5.74, 6) is 0.316. The minimum absolute atomic E-state index is 0.104. The maximum Gasteiger partial charge on any atom is 0.321 e. The Bertz CT molecular complexity index is 1720. The quantitative estimate of drug-likeness (QED) is 0.288. The Labute approximate surface area is 242 Å². The van der Waals surface area contributed by atoms with Crippen LogP contribution in [0, 0.1) is 5.82 Å². The molecule has 2 amide bonds. The van der Waals surface area contributed by atoms with Gasteiger partial charge in [0.05, 0.1) is 29.0 Å². The van der Waals surface area contributed by atoms with Crippen molar-refractivity contribution in [1.29, 1.82) is 0 Å². The van der Waals surface area contributed by atoms with Gasteiger partial charge in [0.15, 0.2) is 5.82 Å². The highest BCUT2D eigenvalue weighted by Crippen LogP contribution is 2.30. The standard InChI is InChI=1S/C31H32FN9O/c1-19-26(15-21(16-33)22-14-24(18-34-17-22)35-31(42)41-12-10-40(2)11-13-41)29(39-38-19)30-36-27-5-3-4-25(28(27)37-30)20-6-8-23(32)9-7-20/h3-9,14-19,38H,10-13,33H2,1-2H3,(H,35,42)(H,36,37)/b21-16+,26-15+. The minimum Gasteiger partial charge on any atom is -0.404 e. The number of aromatic amines is 1. The average Bonchev–Trinajstić information content (AvgIpc) is 3.59. The van der Waals surface area contributed by atoms with Crippen LogP contribution in [0.25, 0.3) is 27.7 Å². The lowest BCUT2D eigenvalue weighted by molar-refractivity contribution is 0.164. The Kier molecular flexibility index (Phi) is 7.41. The number of allylic oxidation sites excluding steroid dienone is 2. The number of H-pyrrole nitrogens is 1. The molecule has 0 radical (unpaired) electrons. The summed E-state index contributed by atoms with van der Waals surface area (Å²) >= 11 is 0. The molecule has 1 unspecified atom stereocenters. The summed E-state index contributed by atoms with van der Waals surface area (Å²) in [6.45, 7) is 5.04. The van der Waals surface area contributed by atoms with Crippen LogP contribution >= 0.6 is 0 Å². The summed E-state index contributed by atoms with van der Waals surface area (Å²) < 4.78 is 13.5. The van der Waals surface area contributed by atoms with Gasteiger partial charge in [0.2, 0.25) is 0 Å². The topological polar surface area (TPSA) is 128 Å². The van der Waals surface area contributed by atoms with E-state index in [0.29, 0.717) is 30.3 Å². The van der Waals surface area contributed by atoms with E-state index in [1.807, 2.05) is 44.3 Å². The molecule has 11 heteroatoms. The Balaban J connectivity index is 1.27. The summed E-state index contributed by atoms with van der Waals surface area (Å²) in [6.07, 6.45) is 6.81. The van der Waals surface area contributed by atoms with Crippen molar-refractivity contribution in [3.63, 3.8) is 0 Å². The molecule has 10 nitrogen and oxygen atoms in total. The molecule has 214 valence electrons. The van der Waals surface area contributed by atoms with Gasteiger partial charge in [0.1, 0.15) is 11.5 Å². The Morgan fingerprint density at radius 3 is 2.67 bits per heavy atom. The van der Waals surface area contributed by atoms with Gasteiger partial charge in [-0.25, -0.2) is 14.2 Å². The zero-order valence-corrected chi connectivity index (χ0v) is 23.4. The first kappa shape index (κ1) is 27.2. The molecular weight excluding hydrogens is 533 g/mol. The minimum atomic E-state index is -0.286. The van der Waals surface area contributed by atoms with Crippen LogP contribution in [0.15, 0.2) is 83.9 Å². The number of halogens is 1. The first-order valence-electron chi connectivity index (χ1n) is 13.8. The first-order valence-corrected chi connectivity index (χ1v) is 13.8. The van der Waals surface area contributed by atoms with Gasteiger partial charge in [0.25, 0.3) is 0 Å². The molecule has 4 aromatic rings. The van der Waals surface area contributed by atoms with Gasteiger partial charge < -0.3 is 31.3 Å². The van der Waals surface area contributed by atoms with Crippen molar-refractivity contribution in [2.45, 2.75) is 13.0 Å². The summed E-state index contributed by atoms with van der Waals surface area (Å²) in [5, 5.41) is 7.54. The fourth-order valence-corrected chi connectivity index (χ4v) is 5.16. The van der Waals surface area contributed by atoms with Gasteiger partial charge in [0, 0.05) is 55.3 Å². The molecule has 0 aliphatic carbocycles. The predicted molar refractivity (Wildman–Crippen MR) is 163 cm³/mol. The number of piperazine rings is 1. The molecule has 2 aliphatic heterocycles. The Morgan fingerprint density at radius 2 is 1.90 bits per heavy atom. The van der Waals surface area contributed by atoms with Gasteiger partial charge in [-0.15, -0.1) is 0 Å². The van der Waals surface area contributed by atoms with E-state index in [9.17, 15) is 9.18 Å². The van der Waals surface area contributed by atoms with Crippen LogP contribution < -0.4 is 16.5 Å². The fourth-order valence-electron chi connectivity index (χ4n) is 5.16. The molecule has 5 N–H and O–H groups in total. The molecule has 42 heavy (non-hydrogen) atoms. The van der Waals surface area contributed by atoms with Gasteiger partial charge in [-0.2, -0.15) is 5.10 Å². The van der Waals surface area contributed by atoms with E-state index in [2.05, 4.69) is 30.7 Å². The number of imidazole rings is 1. The van der Waals surface area contributed by atoms with E-state index >= 15 is 0 Å². The molecule has 0 bridgehead atoms. The molecule has 2 aromatic carbocycles. The van der Waals surface area contributed by atoms with Crippen molar-refractivity contribution < 1.29 is 9.18 Å². The molecule has 2 aliphatic rings. The number of nitrogens with one attached hydrogen (secondary N) is 3. The second-order valence-electron chi connectivity index (χ2n) is 10.5. The number of pyridine rings is 1. The summed E-state index contributed by atoms with van der Waals surface area (Å²) in [6, 6.07) is 13.8. The summed E-state index contributed by atoms with van der Waals surface area (Å²) in [5.41, 5.74) is 16.2. The number of rotatable bonds is 5. The van der Waals surface area contributed by atoms with Crippen molar-refractivity contribution in [1.82, 2.24) is 30.2 Å². The van der Waals surface area contributed by atoms with Crippen LogP contribution in [0.4, 0.5) is 14.9 Å². The second kappa shape index (κ2) is 11.5. The number of carbonyl (C=O) groups excluding carboxylic acids is 1. The molecule has 1 fully saturated rings. The highest BCUT2D eigenvalue weighted by Gasteiger charge is 2.26. The lowest BCUT2D eigenvalue weighted by atomic mass is 9.98. The van der Waals surface area contributed by atoms with Crippen molar-refractivity contribution >= 4 is 34.0 Å². The third kappa shape index (κ3) is 5.46. The van der Waals surface area contributed by atoms with Crippen molar-refractivity contribution in [2.75, 3.05) is 38.5 Å². The average molecular weight is 566 g/mol. The number of aromatic nitrogens is 3. The Hall–Kier alpha value is -5.03. The third-order valence-corrected chi connectivity index (χ3v) is 7.61. The summed E-state index contributed by atoms with van der Waals surface area (Å²) in [7, 11) is 2.05. The van der Waals surface area contributed by atoms with E-state index in [1.165, 1.54) is 18.3 Å². The van der Waals surface area contributed by atoms with Crippen molar-refractivity contribution in [2.24, 2.45) is 10.8 Å². The van der Waals surface area contributed by atoms with Gasteiger partial charge in [-0.1, -0.05) is 24.3 Å². The zero-order valence-electron chi connectivity index (χ0n) is 23.4. The molecular formula is C31H32FN9O. The van der Waals surface area contributed by atoms with E-state index in [4.69, 9.17) is 10.7 Å². The SMILES string of the molecule is CC1NN=C(c2nc3c(-c4ccc(F)cc4)cccc3[nH]2)/C1=C/C(=C\N)c1cncc(NC(=O)N2CCN(C)CC2)c1. The molecule has 4 heterocycles. The smallest absolute Gasteiger partial charge is 0.321 e. The van der Waals surface area contributed by atoms with Gasteiger partial charge >= 0.3 is 6.03 Å². The van der Waals surface area contributed by atoms with Crippen LogP contribution in [0.3, 0.4) is 0 Å². The van der Waals surface area contributed by atoms with Gasteiger partial charge in [-0.3, -0.25) is 4.98 Å². The maximum absolute atomic E-state index is 13.5. The zero-order chi connectivity index (χ0) is 29.2. The number of urea groups is 1. The van der Waals surface area contributed by atoms with E-state index in [0.717, 1.165) is 52.0 Å². The first-order chi connectivity index (χ1) is 20.4. The largest absolute Gasteiger partial charge is 0.404 e. The van der Waals surface area contributed by atoms with E-state index < -0.39 is 0 Å². The number of hydrogen-bond donors (Lipinski definition) is 4. The fraction of sp³-hybridized carbons (Fsp3) is 0.226. The molecule has 6 rings (SSSR count). The molecule has 1 atom stereocenters. The van der Waals surface area contributed by atoms with Gasteiger partial charge in [-0.05, 0) is 55.4 Å². The number of likely N-dealkylation sites (N-methyl/N-ethyl adjacent to an activating group) is 1. The number of carbonyl (C=O) groups is 1. The molecule has 2 aromatic heterocycles. The number of fused-ring (bicyclic) bond motifs is 1. The normalized spacial score (nSPS) is 18.8. The number of para-hydroxylation sites is 1. The predicted octanol–water partition coefficient (Wildman–Crippen LogP) is 4.17. The number of nitrogens with two attached hydrogens (primary N) is 1. The van der Waals surface area contributed by atoms with Crippen LogP contribution in [-0.2, 0) is 0 Å². The summed E-state index contributed by atoms with van der Waals surface area (Å²) in [4.78, 5) is 29.5. The highest BCUT2D eigenvalue weighted by atomic mass is 19.1. The lowest BCUT2D eigenvalue weighted by Gasteiger charge is -2.32. The third-order valence-electron chi connectivity index (χ3n) is 7.61. The van der Waals surface area contributed by atoms with Crippen LogP contribution in [-0.4, -0.2) is 75.8 Å². The van der Waals surface area contributed by atoms with Crippen LogP contribution in [0.1, 0.15) is 18.3 Å². The number of hydrogen-bond acceptors (Lipinski definition) is 7. The maximum atomic E-state index is 13.5. The number of anilines is 1. The monoisotopic (exact) mass is 565 g/mol. The second-order valence-corrected chi connectivity index (χ2v) is 10.5. The molecule has 0 saturated carbocycles. The highest BCUT2D eigenvalue weighted by molar-refractivity contribution is 6.15. The molecule has 1 saturated heterocycles. The van der Waals surface area contributed by atoms with E-state index in [1.54, 1.807) is 29.4 Å². The van der Waals surface area contributed by atoms with Crippen molar-refractivity contribution in [3.8, 4) is 11.1 Å². The van der Waals surface area contributed by atoms with Crippen molar-refractivity contribution in [3.05, 3.63) is 96.0 Å².